The molecule has 0 unspecified atom stereocenters. The zero-order valence-corrected chi connectivity index (χ0v) is 11.5. The summed E-state index contributed by atoms with van der Waals surface area (Å²) >= 11 is 0. The number of hydrogen-bond acceptors (Lipinski definition) is 3. The largest absolute Gasteiger partial charge is 0.381 e. The fraction of sp³-hybridized carbons (Fsp3) is 0.600. The summed E-state index contributed by atoms with van der Waals surface area (Å²) in [5.74, 6) is 0. The van der Waals surface area contributed by atoms with E-state index in [1.807, 2.05) is 0 Å². The second-order valence-electron chi connectivity index (χ2n) is 5.63. The molecule has 0 aromatic heterocycles. The van der Waals surface area contributed by atoms with Crippen LogP contribution < -0.4 is 5.73 Å². The molecule has 0 spiro atoms. The molecule has 1 aliphatic rings. The number of benzene rings is 1. The van der Waals surface area contributed by atoms with Crippen LogP contribution in [-0.4, -0.2) is 37.2 Å². The van der Waals surface area contributed by atoms with Crippen molar-refractivity contribution in [3.8, 4) is 0 Å². The lowest BCUT2D eigenvalue weighted by molar-refractivity contribution is 0.0402. The second-order valence-corrected chi connectivity index (χ2v) is 5.63. The molecule has 1 heterocycles. The maximum atomic E-state index is 6.42. The van der Waals surface area contributed by atoms with Crippen LogP contribution in [-0.2, 0) is 11.3 Å². The molecule has 0 atom stereocenters. The minimum absolute atomic E-state index is 0.0717. The average molecular weight is 248 g/mol. The van der Waals surface area contributed by atoms with Gasteiger partial charge in [-0.25, -0.2) is 0 Å². The van der Waals surface area contributed by atoms with Gasteiger partial charge in [0.2, 0.25) is 0 Å². The van der Waals surface area contributed by atoms with Crippen LogP contribution in [0, 0.1) is 6.92 Å². The van der Waals surface area contributed by atoms with Crippen molar-refractivity contribution in [1.29, 1.82) is 0 Å². The highest BCUT2D eigenvalue weighted by Gasteiger charge is 2.29. The van der Waals surface area contributed by atoms with Crippen molar-refractivity contribution in [2.75, 3.05) is 26.8 Å². The van der Waals surface area contributed by atoms with Crippen molar-refractivity contribution in [1.82, 2.24) is 4.90 Å². The van der Waals surface area contributed by atoms with Gasteiger partial charge in [-0.1, -0.05) is 29.8 Å². The molecule has 1 saturated heterocycles. The predicted molar refractivity (Wildman–Crippen MR) is 74.5 cm³/mol. The molecule has 1 aromatic rings. The lowest BCUT2D eigenvalue weighted by Crippen LogP contribution is -2.52. The highest BCUT2D eigenvalue weighted by molar-refractivity contribution is 5.21. The summed E-state index contributed by atoms with van der Waals surface area (Å²) < 4.78 is 5.38. The van der Waals surface area contributed by atoms with Crippen molar-refractivity contribution >= 4 is 0 Å². The Kier molecular flexibility index (Phi) is 4.38. The van der Waals surface area contributed by atoms with Crippen molar-refractivity contribution in [2.24, 2.45) is 5.73 Å². The minimum Gasteiger partial charge on any atom is -0.381 e. The van der Waals surface area contributed by atoms with Gasteiger partial charge < -0.3 is 15.4 Å². The van der Waals surface area contributed by atoms with E-state index >= 15 is 0 Å². The minimum atomic E-state index is -0.0717. The fourth-order valence-electron chi connectivity index (χ4n) is 2.53. The van der Waals surface area contributed by atoms with Crippen molar-refractivity contribution in [2.45, 2.75) is 31.8 Å². The van der Waals surface area contributed by atoms with Gasteiger partial charge in [-0.2, -0.15) is 0 Å². The number of aryl methyl sites for hydroxylation is 1. The molecule has 2 N–H and O–H groups in total. The molecular formula is C15H24N2O. The number of nitrogens with two attached hydrogens (primary N) is 1. The van der Waals surface area contributed by atoms with Gasteiger partial charge >= 0.3 is 0 Å². The molecule has 3 nitrogen and oxygen atoms in total. The number of hydrogen-bond donors (Lipinski definition) is 1. The van der Waals surface area contributed by atoms with Crippen molar-refractivity contribution in [3.63, 3.8) is 0 Å². The Morgan fingerprint density at radius 1 is 1.22 bits per heavy atom. The highest BCUT2D eigenvalue weighted by atomic mass is 16.5. The van der Waals surface area contributed by atoms with Crippen LogP contribution in [0.3, 0.4) is 0 Å². The van der Waals surface area contributed by atoms with Crippen molar-refractivity contribution < 1.29 is 4.74 Å². The van der Waals surface area contributed by atoms with Crippen LogP contribution in [0.1, 0.15) is 24.0 Å². The molecule has 100 valence electrons. The number of likely N-dealkylation sites (N-methyl/N-ethyl adjacent to an activating group) is 1. The fourth-order valence-corrected chi connectivity index (χ4v) is 2.53. The number of nitrogens with zero attached hydrogens (tertiary/aromatic N) is 1. The van der Waals surface area contributed by atoms with E-state index < -0.39 is 0 Å². The lowest BCUT2D eigenvalue weighted by Gasteiger charge is -2.36. The smallest absolute Gasteiger partial charge is 0.0484 e. The Labute approximate surface area is 110 Å². The first kappa shape index (κ1) is 13.5. The van der Waals surface area contributed by atoms with Gasteiger partial charge in [0, 0.05) is 31.8 Å². The van der Waals surface area contributed by atoms with E-state index in [1.54, 1.807) is 0 Å². The van der Waals surface area contributed by atoms with Gasteiger partial charge in [0.1, 0.15) is 0 Å². The number of rotatable bonds is 4. The Balaban J connectivity index is 1.87. The van der Waals surface area contributed by atoms with E-state index in [9.17, 15) is 0 Å². The van der Waals surface area contributed by atoms with Crippen molar-refractivity contribution in [3.05, 3.63) is 35.4 Å². The summed E-state index contributed by atoms with van der Waals surface area (Å²) in [5.41, 5.74) is 9.00. The number of ether oxygens (including phenoxy) is 1. The molecule has 1 aliphatic heterocycles. The molecule has 1 fully saturated rings. The van der Waals surface area contributed by atoms with Gasteiger partial charge in [-0.15, -0.1) is 0 Å². The molecule has 0 saturated carbocycles. The van der Waals surface area contributed by atoms with E-state index in [4.69, 9.17) is 10.5 Å². The zero-order chi connectivity index (χ0) is 13.0. The van der Waals surface area contributed by atoms with Crippen LogP contribution >= 0.6 is 0 Å². The quantitative estimate of drug-likeness (QED) is 0.885. The van der Waals surface area contributed by atoms with Crippen LogP contribution in [0.15, 0.2) is 24.3 Å². The monoisotopic (exact) mass is 248 g/mol. The molecule has 0 bridgehead atoms. The van der Waals surface area contributed by atoms with E-state index in [1.165, 1.54) is 11.1 Å². The molecule has 0 radical (unpaired) electrons. The summed E-state index contributed by atoms with van der Waals surface area (Å²) in [7, 11) is 2.14. The van der Waals surface area contributed by atoms with Crippen LogP contribution in [0.2, 0.25) is 0 Å². The topological polar surface area (TPSA) is 38.5 Å². The third-order valence-corrected chi connectivity index (χ3v) is 3.65. The second kappa shape index (κ2) is 5.83. The van der Waals surface area contributed by atoms with Gasteiger partial charge in [0.25, 0.3) is 0 Å². The average Bonchev–Trinajstić information content (AvgIpc) is 2.32. The molecule has 0 amide bonds. The molecular weight excluding hydrogens is 224 g/mol. The Morgan fingerprint density at radius 2 is 1.83 bits per heavy atom. The maximum Gasteiger partial charge on any atom is 0.0484 e. The molecule has 1 aromatic carbocycles. The standard InChI is InChI=1S/C15H24N2O/c1-13-3-5-14(6-4-13)11-17(2)12-15(16)7-9-18-10-8-15/h3-6H,7-12,16H2,1-2H3. The Hall–Kier alpha value is -0.900. The van der Waals surface area contributed by atoms with E-state index in [0.717, 1.165) is 39.1 Å². The molecule has 0 aliphatic carbocycles. The molecule has 2 rings (SSSR count). The summed E-state index contributed by atoms with van der Waals surface area (Å²) in [6.45, 7) is 5.61. The zero-order valence-electron chi connectivity index (χ0n) is 11.5. The van der Waals surface area contributed by atoms with Gasteiger partial charge in [0.15, 0.2) is 0 Å². The highest BCUT2D eigenvalue weighted by Crippen LogP contribution is 2.19. The van der Waals surface area contributed by atoms with Gasteiger partial charge in [-0.3, -0.25) is 0 Å². The predicted octanol–water partition coefficient (Wildman–Crippen LogP) is 1.93. The summed E-state index contributed by atoms with van der Waals surface area (Å²) in [5, 5.41) is 0. The van der Waals surface area contributed by atoms with E-state index in [-0.39, 0.29) is 5.54 Å². The SMILES string of the molecule is Cc1ccc(CN(C)CC2(N)CCOCC2)cc1. The third kappa shape index (κ3) is 3.80. The first-order valence-electron chi connectivity index (χ1n) is 6.68. The Morgan fingerprint density at radius 3 is 2.44 bits per heavy atom. The van der Waals surface area contributed by atoms with Gasteiger partial charge in [0.05, 0.1) is 0 Å². The first-order valence-corrected chi connectivity index (χ1v) is 6.68. The van der Waals surface area contributed by atoms with Crippen LogP contribution in [0.4, 0.5) is 0 Å². The summed E-state index contributed by atoms with van der Waals surface area (Å²) in [4.78, 5) is 2.32. The lowest BCUT2D eigenvalue weighted by atomic mass is 9.91. The van der Waals surface area contributed by atoms with Crippen LogP contribution in [0.25, 0.3) is 0 Å². The Bertz CT molecular complexity index is 369. The molecule has 3 heteroatoms. The van der Waals surface area contributed by atoms with E-state index in [0.29, 0.717) is 0 Å². The van der Waals surface area contributed by atoms with Gasteiger partial charge in [-0.05, 0) is 32.4 Å². The summed E-state index contributed by atoms with van der Waals surface area (Å²) in [6, 6.07) is 8.71. The van der Waals surface area contributed by atoms with Crippen LogP contribution in [0.5, 0.6) is 0 Å². The first-order chi connectivity index (χ1) is 8.57. The van der Waals surface area contributed by atoms with E-state index in [2.05, 4.69) is 43.1 Å². The normalized spacial score (nSPS) is 19.1. The summed E-state index contributed by atoms with van der Waals surface area (Å²) in [6.07, 6.45) is 1.93. The maximum absolute atomic E-state index is 6.42. The molecule has 18 heavy (non-hydrogen) atoms. The third-order valence-electron chi connectivity index (χ3n) is 3.65.